The summed E-state index contributed by atoms with van der Waals surface area (Å²) in [5.41, 5.74) is 5.02. The third-order valence-electron chi connectivity index (χ3n) is 4.03. The fourth-order valence-electron chi connectivity index (χ4n) is 3.13. The fourth-order valence-corrected chi connectivity index (χ4v) is 3.40. The number of nitrogens with one attached hydrogen (secondary N) is 1. The van der Waals surface area contributed by atoms with Crippen molar-refractivity contribution in [2.75, 3.05) is 0 Å². The number of hydrogen-bond acceptors (Lipinski definition) is 3. The zero-order valence-corrected chi connectivity index (χ0v) is 12.5. The van der Waals surface area contributed by atoms with E-state index in [9.17, 15) is 0 Å². The lowest BCUT2D eigenvalue weighted by Crippen LogP contribution is -2.16. The first-order valence-corrected chi connectivity index (χ1v) is 7.72. The second-order valence-corrected chi connectivity index (χ2v) is 5.73. The van der Waals surface area contributed by atoms with Gasteiger partial charge in [-0.25, -0.2) is 4.98 Å². The Bertz CT molecular complexity index is 663. The van der Waals surface area contributed by atoms with E-state index in [1.807, 2.05) is 12.3 Å². The van der Waals surface area contributed by atoms with Crippen molar-refractivity contribution in [3.8, 4) is 0 Å². The minimum atomic E-state index is 0.339. The van der Waals surface area contributed by atoms with Gasteiger partial charge >= 0.3 is 0 Å². The predicted molar refractivity (Wildman–Crippen MR) is 82.4 cm³/mol. The topological polar surface area (TPSA) is 41.6 Å². The van der Waals surface area contributed by atoms with Crippen LogP contribution in [0.25, 0.3) is 0 Å². The van der Waals surface area contributed by atoms with Gasteiger partial charge in [-0.15, -0.1) is 0 Å². The van der Waals surface area contributed by atoms with Crippen LogP contribution in [-0.2, 0) is 12.8 Å². The Hall–Kier alpha value is -1.55. The van der Waals surface area contributed by atoms with Gasteiger partial charge < -0.3 is 4.98 Å². The molecule has 3 rings (SSSR count). The van der Waals surface area contributed by atoms with E-state index in [0.29, 0.717) is 5.92 Å². The van der Waals surface area contributed by atoms with Gasteiger partial charge in [-0.2, -0.15) is 0 Å². The zero-order valence-electron chi connectivity index (χ0n) is 11.7. The molecule has 4 heteroatoms. The Balaban J connectivity index is 2.11. The first-order chi connectivity index (χ1) is 9.81. The molecule has 1 unspecified atom stereocenters. The molecule has 104 valence electrons. The van der Waals surface area contributed by atoms with Crippen LogP contribution in [0, 0.1) is 4.64 Å². The maximum absolute atomic E-state index is 5.42. The van der Waals surface area contributed by atoms with Gasteiger partial charge in [0.25, 0.3) is 0 Å². The quantitative estimate of drug-likeness (QED) is 0.868. The standard InChI is InChI=1S/C16H19N3S/c1-2-5-13-15(18-10-19-16(13)20)12-8-3-6-11-7-4-9-17-14(11)12/h4,7,9-10,12H,2-3,5-6,8H2,1H3,(H,18,19,20). The van der Waals surface area contributed by atoms with E-state index in [1.165, 1.54) is 28.9 Å². The van der Waals surface area contributed by atoms with E-state index in [-0.39, 0.29) is 0 Å². The highest BCUT2D eigenvalue weighted by atomic mass is 32.1. The number of rotatable bonds is 3. The molecule has 20 heavy (non-hydrogen) atoms. The summed E-state index contributed by atoms with van der Waals surface area (Å²) >= 11 is 5.42. The largest absolute Gasteiger partial charge is 0.349 e. The normalized spacial score (nSPS) is 17.8. The Morgan fingerprint density at radius 2 is 2.30 bits per heavy atom. The second kappa shape index (κ2) is 5.83. The van der Waals surface area contributed by atoms with Crippen molar-refractivity contribution in [1.82, 2.24) is 15.0 Å². The lowest BCUT2D eigenvalue weighted by Gasteiger charge is -2.25. The molecule has 1 atom stereocenters. The summed E-state index contributed by atoms with van der Waals surface area (Å²) in [7, 11) is 0. The number of aryl methyl sites for hydroxylation is 1. The Kier molecular flexibility index (Phi) is 3.92. The molecule has 0 spiro atoms. The molecule has 0 saturated heterocycles. The summed E-state index contributed by atoms with van der Waals surface area (Å²) in [4.78, 5) is 12.2. The number of fused-ring (bicyclic) bond motifs is 1. The first-order valence-electron chi connectivity index (χ1n) is 7.31. The minimum absolute atomic E-state index is 0.339. The van der Waals surface area contributed by atoms with Crippen LogP contribution in [0.1, 0.15) is 54.6 Å². The highest BCUT2D eigenvalue weighted by molar-refractivity contribution is 7.71. The smallest absolute Gasteiger partial charge is 0.132 e. The van der Waals surface area contributed by atoms with Crippen molar-refractivity contribution in [3.05, 3.63) is 51.8 Å². The molecule has 2 heterocycles. The Morgan fingerprint density at radius 1 is 1.40 bits per heavy atom. The third kappa shape index (κ3) is 2.40. The maximum atomic E-state index is 5.42. The molecular formula is C16H19N3S. The number of H-pyrrole nitrogens is 1. The van der Waals surface area contributed by atoms with Crippen molar-refractivity contribution >= 4 is 12.2 Å². The van der Waals surface area contributed by atoms with E-state index in [0.717, 1.165) is 30.3 Å². The summed E-state index contributed by atoms with van der Waals surface area (Å²) in [5, 5.41) is 0. The summed E-state index contributed by atoms with van der Waals surface area (Å²) in [6.45, 7) is 2.18. The highest BCUT2D eigenvalue weighted by Gasteiger charge is 2.25. The molecule has 3 nitrogen and oxygen atoms in total. The molecule has 0 saturated carbocycles. The van der Waals surface area contributed by atoms with Gasteiger partial charge in [-0.05, 0) is 37.3 Å². The van der Waals surface area contributed by atoms with Gasteiger partial charge in [0.15, 0.2) is 0 Å². The molecule has 0 radical (unpaired) electrons. The van der Waals surface area contributed by atoms with Gasteiger partial charge in [0.05, 0.1) is 12.0 Å². The maximum Gasteiger partial charge on any atom is 0.132 e. The van der Waals surface area contributed by atoms with Crippen LogP contribution in [0.4, 0.5) is 0 Å². The van der Waals surface area contributed by atoms with Crippen molar-refractivity contribution in [2.24, 2.45) is 0 Å². The molecule has 2 aromatic heterocycles. The molecule has 1 N–H and O–H groups in total. The SMILES string of the molecule is CCCc1c(C2CCCc3cccnc32)[nH]cnc1=S. The summed E-state index contributed by atoms with van der Waals surface area (Å²) in [6.07, 6.45) is 9.16. The van der Waals surface area contributed by atoms with Crippen LogP contribution in [-0.4, -0.2) is 15.0 Å². The van der Waals surface area contributed by atoms with Gasteiger partial charge in [0.2, 0.25) is 0 Å². The number of hydrogen-bond donors (Lipinski definition) is 1. The van der Waals surface area contributed by atoms with Crippen LogP contribution in [0.2, 0.25) is 0 Å². The summed E-state index contributed by atoms with van der Waals surface area (Å²) in [6, 6.07) is 4.23. The number of pyridine rings is 1. The van der Waals surface area contributed by atoms with Crippen molar-refractivity contribution in [2.45, 2.75) is 44.9 Å². The zero-order chi connectivity index (χ0) is 13.9. The lowest BCUT2D eigenvalue weighted by atomic mass is 9.83. The molecule has 0 aromatic carbocycles. The number of nitrogens with zero attached hydrogens (tertiary/aromatic N) is 2. The molecule has 0 fully saturated rings. The van der Waals surface area contributed by atoms with Crippen LogP contribution in [0.15, 0.2) is 24.7 Å². The average molecular weight is 285 g/mol. The van der Waals surface area contributed by atoms with Gasteiger partial charge in [0, 0.05) is 23.4 Å². The number of aromatic nitrogens is 3. The second-order valence-electron chi connectivity index (χ2n) is 5.34. The molecule has 0 bridgehead atoms. The molecule has 0 amide bonds. The molecule has 1 aliphatic rings. The van der Waals surface area contributed by atoms with Gasteiger partial charge in [0.1, 0.15) is 4.64 Å². The monoisotopic (exact) mass is 285 g/mol. The minimum Gasteiger partial charge on any atom is -0.349 e. The Labute approximate surface area is 124 Å². The number of aromatic amines is 1. The summed E-state index contributed by atoms with van der Waals surface area (Å²) in [5.74, 6) is 0.339. The molecule has 0 aliphatic heterocycles. The molecule has 1 aliphatic carbocycles. The molecule has 2 aromatic rings. The van der Waals surface area contributed by atoms with Gasteiger partial charge in [-0.3, -0.25) is 4.98 Å². The first kappa shape index (κ1) is 13.4. The van der Waals surface area contributed by atoms with Crippen LogP contribution in [0.3, 0.4) is 0 Å². The average Bonchev–Trinajstić information content (AvgIpc) is 2.49. The third-order valence-corrected chi connectivity index (χ3v) is 4.38. The van der Waals surface area contributed by atoms with Crippen LogP contribution >= 0.6 is 12.2 Å². The van der Waals surface area contributed by atoms with E-state index in [1.54, 1.807) is 6.33 Å². The van der Waals surface area contributed by atoms with Crippen LogP contribution in [0.5, 0.6) is 0 Å². The van der Waals surface area contributed by atoms with E-state index in [4.69, 9.17) is 12.2 Å². The van der Waals surface area contributed by atoms with E-state index >= 15 is 0 Å². The predicted octanol–water partition coefficient (Wildman–Crippen LogP) is 3.95. The fraction of sp³-hybridized carbons (Fsp3) is 0.438. The van der Waals surface area contributed by atoms with E-state index in [2.05, 4.69) is 27.9 Å². The van der Waals surface area contributed by atoms with Crippen LogP contribution < -0.4 is 0 Å². The summed E-state index contributed by atoms with van der Waals surface area (Å²) < 4.78 is 0.739. The van der Waals surface area contributed by atoms with Crippen molar-refractivity contribution in [1.29, 1.82) is 0 Å². The van der Waals surface area contributed by atoms with Crippen molar-refractivity contribution in [3.63, 3.8) is 0 Å². The highest BCUT2D eigenvalue weighted by Crippen LogP contribution is 2.35. The van der Waals surface area contributed by atoms with Crippen molar-refractivity contribution < 1.29 is 0 Å². The molecular weight excluding hydrogens is 266 g/mol. The van der Waals surface area contributed by atoms with E-state index < -0.39 is 0 Å². The Morgan fingerprint density at radius 3 is 3.15 bits per heavy atom. The lowest BCUT2D eigenvalue weighted by molar-refractivity contribution is 0.580. The van der Waals surface area contributed by atoms with Gasteiger partial charge in [-0.1, -0.05) is 31.6 Å².